The summed E-state index contributed by atoms with van der Waals surface area (Å²) in [4.78, 5) is 11.2. The molecule has 6 nitrogen and oxygen atoms in total. The summed E-state index contributed by atoms with van der Waals surface area (Å²) >= 11 is 0. The molecule has 0 amide bonds. The molecule has 3 heterocycles. The lowest BCUT2D eigenvalue weighted by Gasteiger charge is -2.23. The highest BCUT2D eigenvalue weighted by Gasteiger charge is 2.28. The second kappa shape index (κ2) is 9.00. The van der Waals surface area contributed by atoms with E-state index < -0.39 is 11.6 Å². The Hall–Kier alpha value is -3.39. The minimum absolute atomic E-state index is 0.254. The molecule has 4 aromatic rings. The predicted octanol–water partition coefficient (Wildman–Crippen LogP) is 4.59. The molecule has 0 aliphatic carbocycles. The fraction of sp³-hybridized carbons (Fsp3) is 0.292. The zero-order valence-electron chi connectivity index (χ0n) is 17.5. The number of benzene rings is 2. The first-order chi connectivity index (χ1) is 15.7. The van der Waals surface area contributed by atoms with Crippen LogP contribution in [0.25, 0.3) is 11.0 Å². The lowest BCUT2D eigenvalue weighted by Crippen LogP contribution is -2.23. The normalized spacial score (nSPS) is 16.6. The van der Waals surface area contributed by atoms with Gasteiger partial charge in [-0.3, -0.25) is 20.0 Å². The van der Waals surface area contributed by atoms with E-state index in [4.69, 9.17) is 4.74 Å². The van der Waals surface area contributed by atoms with Gasteiger partial charge in [-0.15, -0.1) is 0 Å². The van der Waals surface area contributed by atoms with Crippen molar-refractivity contribution in [1.29, 1.82) is 0 Å². The van der Waals surface area contributed by atoms with E-state index in [1.165, 1.54) is 11.6 Å². The van der Waals surface area contributed by atoms with Crippen molar-refractivity contribution < 1.29 is 13.5 Å². The Bertz CT molecular complexity index is 1230. The third-order valence-electron chi connectivity index (χ3n) is 5.81. The van der Waals surface area contributed by atoms with Gasteiger partial charge in [-0.2, -0.15) is 5.10 Å². The first-order valence-corrected chi connectivity index (χ1v) is 10.7. The van der Waals surface area contributed by atoms with Gasteiger partial charge in [0.1, 0.15) is 5.75 Å². The van der Waals surface area contributed by atoms with Gasteiger partial charge in [-0.1, -0.05) is 6.07 Å². The van der Waals surface area contributed by atoms with Gasteiger partial charge in [0.25, 0.3) is 0 Å². The van der Waals surface area contributed by atoms with Gasteiger partial charge in [0.15, 0.2) is 11.6 Å². The van der Waals surface area contributed by atoms with Crippen molar-refractivity contribution in [3.63, 3.8) is 0 Å². The van der Waals surface area contributed by atoms with Crippen molar-refractivity contribution >= 4 is 11.0 Å². The van der Waals surface area contributed by atoms with Crippen LogP contribution in [0.4, 0.5) is 8.78 Å². The van der Waals surface area contributed by atoms with E-state index >= 15 is 0 Å². The largest absolute Gasteiger partial charge is 0.493 e. The number of rotatable bonds is 7. The second-order valence-electron chi connectivity index (χ2n) is 8.00. The minimum Gasteiger partial charge on any atom is -0.493 e. The molecule has 5 rings (SSSR count). The van der Waals surface area contributed by atoms with Gasteiger partial charge in [-0.05, 0) is 55.3 Å². The van der Waals surface area contributed by atoms with Gasteiger partial charge in [0.05, 0.1) is 29.4 Å². The van der Waals surface area contributed by atoms with Crippen molar-refractivity contribution in [3.05, 3.63) is 83.4 Å². The lowest BCUT2D eigenvalue weighted by atomic mass is 10.1. The Balaban J connectivity index is 1.21. The first-order valence-electron chi connectivity index (χ1n) is 10.7. The summed E-state index contributed by atoms with van der Waals surface area (Å²) in [6, 6.07) is 12.1. The standard InChI is InChI=1S/C24H23F2N5O/c25-19-5-4-18(14-20(19)26)32-11-7-17-13-23(30-29-17)24-2-1-10-31(24)15-16-3-6-21-22(12-16)28-9-8-27-21/h3-6,8-9,12-14,24H,1-2,7,10-11,15H2,(H,29,30)/t24-/m1/s1. The maximum absolute atomic E-state index is 13.3. The zero-order chi connectivity index (χ0) is 21.9. The van der Waals surface area contributed by atoms with Crippen LogP contribution in [0.2, 0.25) is 0 Å². The van der Waals surface area contributed by atoms with Crippen LogP contribution in [0, 0.1) is 11.6 Å². The average molecular weight is 435 g/mol. The summed E-state index contributed by atoms with van der Waals surface area (Å²) in [5, 5.41) is 7.63. The van der Waals surface area contributed by atoms with Gasteiger partial charge in [0, 0.05) is 37.1 Å². The smallest absolute Gasteiger partial charge is 0.162 e. The summed E-state index contributed by atoms with van der Waals surface area (Å²) in [6.07, 6.45) is 6.20. The van der Waals surface area contributed by atoms with Crippen LogP contribution in [0.5, 0.6) is 5.75 Å². The molecular weight excluding hydrogens is 412 g/mol. The third kappa shape index (κ3) is 4.45. The second-order valence-corrected chi connectivity index (χ2v) is 8.00. The van der Waals surface area contributed by atoms with Crippen LogP contribution in [0.1, 0.15) is 35.8 Å². The Morgan fingerprint density at radius 3 is 2.75 bits per heavy atom. The van der Waals surface area contributed by atoms with Crippen molar-refractivity contribution in [3.8, 4) is 5.75 Å². The highest BCUT2D eigenvalue weighted by Crippen LogP contribution is 2.32. The van der Waals surface area contributed by atoms with Crippen molar-refractivity contribution in [2.45, 2.75) is 31.8 Å². The molecule has 2 aromatic carbocycles. The molecule has 164 valence electrons. The van der Waals surface area contributed by atoms with Gasteiger partial charge < -0.3 is 4.74 Å². The number of ether oxygens (including phenoxy) is 1. The van der Waals surface area contributed by atoms with Crippen LogP contribution in [-0.4, -0.2) is 38.2 Å². The molecule has 1 aliphatic heterocycles. The van der Waals surface area contributed by atoms with E-state index in [0.29, 0.717) is 18.8 Å². The van der Waals surface area contributed by atoms with Crippen molar-refractivity contribution in [2.75, 3.05) is 13.2 Å². The summed E-state index contributed by atoms with van der Waals surface area (Å²) in [5.41, 5.74) is 4.99. The van der Waals surface area contributed by atoms with E-state index in [1.807, 2.05) is 6.07 Å². The van der Waals surface area contributed by atoms with Crippen LogP contribution >= 0.6 is 0 Å². The number of hydrogen-bond acceptors (Lipinski definition) is 5. The number of hydrogen-bond donors (Lipinski definition) is 1. The fourth-order valence-electron chi connectivity index (χ4n) is 4.22. The third-order valence-corrected chi connectivity index (χ3v) is 5.81. The molecule has 2 aromatic heterocycles. The van der Waals surface area contributed by atoms with Gasteiger partial charge in [-0.25, -0.2) is 8.78 Å². The zero-order valence-corrected chi connectivity index (χ0v) is 17.5. The Morgan fingerprint density at radius 2 is 1.88 bits per heavy atom. The maximum atomic E-state index is 13.3. The molecule has 1 aliphatic rings. The predicted molar refractivity (Wildman–Crippen MR) is 116 cm³/mol. The summed E-state index contributed by atoms with van der Waals surface area (Å²) < 4.78 is 31.9. The highest BCUT2D eigenvalue weighted by atomic mass is 19.2. The van der Waals surface area contributed by atoms with Crippen LogP contribution in [0.3, 0.4) is 0 Å². The molecule has 0 radical (unpaired) electrons. The molecule has 0 saturated carbocycles. The summed E-state index contributed by atoms with van der Waals surface area (Å²) in [7, 11) is 0. The topological polar surface area (TPSA) is 66.9 Å². The average Bonchev–Trinajstić information content (AvgIpc) is 3.45. The molecule has 0 spiro atoms. The number of nitrogens with one attached hydrogen (secondary N) is 1. The summed E-state index contributed by atoms with van der Waals surface area (Å²) in [6.45, 7) is 2.20. The number of likely N-dealkylation sites (tertiary alicyclic amines) is 1. The molecule has 32 heavy (non-hydrogen) atoms. The molecule has 0 unspecified atom stereocenters. The highest BCUT2D eigenvalue weighted by molar-refractivity contribution is 5.74. The SMILES string of the molecule is Fc1ccc(OCCc2cc([C@H]3CCCN3Cc3ccc4nccnc4c3)n[nH]2)cc1F. The van der Waals surface area contributed by atoms with Crippen molar-refractivity contribution in [2.24, 2.45) is 0 Å². The molecule has 8 heteroatoms. The number of aromatic amines is 1. The molecular formula is C24H23F2N5O. The number of nitrogens with zero attached hydrogens (tertiary/aromatic N) is 4. The van der Waals surface area contributed by atoms with Crippen molar-refractivity contribution in [1.82, 2.24) is 25.1 Å². The number of fused-ring (bicyclic) bond motifs is 1. The Kier molecular flexibility index (Phi) is 5.77. The minimum atomic E-state index is -0.911. The van der Waals surface area contributed by atoms with E-state index in [2.05, 4.69) is 43.3 Å². The Morgan fingerprint density at radius 1 is 1.00 bits per heavy atom. The quantitative estimate of drug-likeness (QED) is 0.460. The number of halogens is 2. The number of aromatic nitrogens is 4. The molecule has 1 fully saturated rings. The number of H-pyrrole nitrogens is 1. The maximum Gasteiger partial charge on any atom is 0.162 e. The van der Waals surface area contributed by atoms with Gasteiger partial charge in [0.2, 0.25) is 0 Å². The lowest BCUT2D eigenvalue weighted by molar-refractivity contribution is 0.244. The molecule has 1 N–H and O–H groups in total. The fourth-order valence-corrected chi connectivity index (χ4v) is 4.22. The van der Waals surface area contributed by atoms with Crippen LogP contribution in [0.15, 0.2) is 54.9 Å². The van der Waals surface area contributed by atoms with Crippen LogP contribution < -0.4 is 4.74 Å². The van der Waals surface area contributed by atoms with E-state index in [1.54, 1.807) is 12.4 Å². The monoisotopic (exact) mass is 435 g/mol. The molecule has 1 saturated heterocycles. The first kappa shape index (κ1) is 20.5. The molecule has 1 atom stereocenters. The Labute approximate surface area is 184 Å². The van der Waals surface area contributed by atoms with Gasteiger partial charge >= 0.3 is 0 Å². The van der Waals surface area contributed by atoms with E-state index in [0.717, 1.165) is 60.5 Å². The van der Waals surface area contributed by atoms with E-state index in [9.17, 15) is 8.78 Å². The van der Waals surface area contributed by atoms with Crippen LogP contribution in [-0.2, 0) is 13.0 Å². The summed E-state index contributed by atoms with van der Waals surface area (Å²) in [5.74, 6) is -1.48. The van der Waals surface area contributed by atoms with E-state index in [-0.39, 0.29) is 6.04 Å². The molecule has 0 bridgehead atoms.